The lowest BCUT2D eigenvalue weighted by molar-refractivity contribution is 0.497. The molecule has 1 fully saturated rings. The van der Waals surface area contributed by atoms with E-state index < -0.39 is 0 Å². The first-order valence-electron chi connectivity index (χ1n) is 9.83. The Balaban J connectivity index is 1.75. The SMILES string of the molecule is CC(C)CC(Nc1nc(C2CCCC2)nc2c1cnn2C)c1ncnn1C. The quantitative estimate of drug-likeness (QED) is 0.718. The maximum atomic E-state index is 4.95. The molecule has 1 aliphatic rings. The number of hydrogen-bond donors (Lipinski definition) is 1. The molecule has 0 saturated heterocycles. The van der Waals surface area contributed by atoms with E-state index in [0.29, 0.717) is 11.8 Å². The Morgan fingerprint density at radius 3 is 2.56 bits per heavy atom. The van der Waals surface area contributed by atoms with E-state index in [2.05, 4.69) is 34.3 Å². The Kier molecular flexibility index (Phi) is 4.80. The fourth-order valence-electron chi connectivity index (χ4n) is 4.00. The number of anilines is 1. The summed E-state index contributed by atoms with van der Waals surface area (Å²) in [6.07, 6.45) is 9.25. The molecule has 1 N–H and O–H groups in total. The van der Waals surface area contributed by atoms with E-state index in [-0.39, 0.29) is 6.04 Å². The van der Waals surface area contributed by atoms with E-state index in [0.717, 1.165) is 34.9 Å². The van der Waals surface area contributed by atoms with Gasteiger partial charge >= 0.3 is 0 Å². The number of aromatic nitrogens is 7. The van der Waals surface area contributed by atoms with Crippen LogP contribution in [0.2, 0.25) is 0 Å². The summed E-state index contributed by atoms with van der Waals surface area (Å²) in [7, 11) is 3.87. The third kappa shape index (κ3) is 3.52. The van der Waals surface area contributed by atoms with Gasteiger partial charge in [0, 0.05) is 20.0 Å². The van der Waals surface area contributed by atoms with Crippen LogP contribution in [0.5, 0.6) is 0 Å². The van der Waals surface area contributed by atoms with Crippen LogP contribution in [0.4, 0.5) is 5.82 Å². The Morgan fingerprint density at radius 1 is 1.11 bits per heavy atom. The molecule has 0 aromatic carbocycles. The van der Waals surface area contributed by atoms with Crippen molar-refractivity contribution in [2.75, 3.05) is 5.32 Å². The standard InChI is InChI=1S/C19H28N8/c1-12(2)9-15(19-20-11-22-27(19)4)23-17-14-10-21-26(3)18(14)25-16(24-17)13-7-5-6-8-13/h10-13,15H,5-9H2,1-4H3,(H,23,24,25). The summed E-state index contributed by atoms with van der Waals surface area (Å²) in [5.41, 5.74) is 0.885. The van der Waals surface area contributed by atoms with Crippen LogP contribution in [-0.4, -0.2) is 34.5 Å². The predicted molar refractivity (Wildman–Crippen MR) is 104 cm³/mol. The number of hydrogen-bond acceptors (Lipinski definition) is 6. The van der Waals surface area contributed by atoms with Crippen LogP contribution in [0.25, 0.3) is 11.0 Å². The molecule has 27 heavy (non-hydrogen) atoms. The van der Waals surface area contributed by atoms with Crippen molar-refractivity contribution < 1.29 is 0 Å². The van der Waals surface area contributed by atoms with Crippen molar-refractivity contribution in [3.8, 4) is 0 Å². The van der Waals surface area contributed by atoms with Gasteiger partial charge in [-0.3, -0.25) is 9.36 Å². The highest BCUT2D eigenvalue weighted by atomic mass is 15.3. The second kappa shape index (κ2) is 7.25. The van der Waals surface area contributed by atoms with E-state index in [1.807, 2.05) is 29.7 Å². The Morgan fingerprint density at radius 2 is 1.89 bits per heavy atom. The smallest absolute Gasteiger partial charge is 0.163 e. The van der Waals surface area contributed by atoms with E-state index >= 15 is 0 Å². The molecule has 8 nitrogen and oxygen atoms in total. The minimum Gasteiger partial charge on any atom is -0.359 e. The van der Waals surface area contributed by atoms with E-state index in [9.17, 15) is 0 Å². The normalized spacial score (nSPS) is 16.5. The van der Waals surface area contributed by atoms with Crippen molar-refractivity contribution in [1.29, 1.82) is 0 Å². The molecule has 0 radical (unpaired) electrons. The fourth-order valence-corrected chi connectivity index (χ4v) is 4.00. The van der Waals surface area contributed by atoms with Crippen molar-refractivity contribution in [1.82, 2.24) is 34.5 Å². The summed E-state index contributed by atoms with van der Waals surface area (Å²) < 4.78 is 3.67. The van der Waals surface area contributed by atoms with Crippen molar-refractivity contribution in [2.45, 2.75) is 57.9 Å². The Bertz CT molecular complexity index is 919. The number of fused-ring (bicyclic) bond motifs is 1. The molecular formula is C19H28N8. The van der Waals surface area contributed by atoms with Crippen molar-refractivity contribution in [2.24, 2.45) is 20.0 Å². The van der Waals surface area contributed by atoms with Gasteiger partial charge in [0.15, 0.2) is 5.65 Å². The van der Waals surface area contributed by atoms with Crippen molar-refractivity contribution in [3.63, 3.8) is 0 Å². The first kappa shape index (κ1) is 17.9. The molecule has 1 unspecified atom stereocenters. The third-order valence-electron chi connectivity index (χ3n) is 5.41. The average Bonchev–Trinajstić information content (AvgIpc) is 3.36. The van der Waals surface area contributed by atoms with E-state index in [4.69, 9.17) is 9.97 Å². The fraction of sp³-hybridized carbons (Fsp3) is 0.632. The van der Waals surface area contributed by atoms with Gasteiger partial charge in [-0.2, -0.15) is 10.2 Å². The maximum absolute atomic E-state index is 4.95. The van der Waals surface area contributed by atoms with Crippen molar-refractivity contribution in [3.05, 3.63) is 24.2 Å². The molecule has 0 bridgehead atoms. The zero-order valence-electron chi connectivity index (χ0n) is 16.6. The molecule has 0 amide bonds. The highest BCUT2D eigenvalue weighted by Crippen LogP contribution is 2.35. The van der Waals surface area contributed by atoms with Crippen LogP contribution >= 0.6 is 0 Å². The zero-order chi connectivity index (χ0) is 19.0. The molecule has 8 heteroatoms. The summed E-state index contributed by atoms with van der Waals surface area (Å²) in [5.74, 6) is 3.67. The maximum Gasteiger partial charge on any atom is 0.163 e. The van der Waals surface area contributed by atoms with Gasteiger partial charge in [-0.05, 0) is 25.2 Å². The van der Waals surface area contributed by atoms with Crippen LogP contribution < -0.4 is 5.32 Å². The molecule has 0 aliphatic heterocycles. The molecule has 0 spiro atoms. The molecule has 1 atom stereocenters. The van der Waals surface area contributed by atoms with Gasteiger partial charge < -0.3 is 5.32 Å². The molecule has 3 aromatic rings. The van der Waals surface area contributed by atoms with E-state index in [1.165, 1.54) is 25.7 Å². The molecule has 144 valence electrons. The Hall–Kier alpha value is -2.51. The third-order valence-corrected chi connectivity index (χ3v) is 5.41. The number of nitrogens with zero attached hydrogens (tertiary/aromatic N) is 7. The lowest BCUT2D eigenvalue weighted by atomic mass is 10.0. The minimum absolute atomic E-state index is 0.0345. The highest BCUT2D eigenvalue weighted by molar-refractivity contribution is 5.86. The monoisotopic (exact) mass is 368 g/mol. The molecule has 1 aliphatic carbocycles. The summed E-state index contributed by atoms with van der Waals surface area (Å²) in [6, 6.07) is 0.0345. The zero-order valence-corrected chi connectivity index (χ0v) is 16.6. The lowest BCUT2D eigenvalue weighted by Gasteiger charge is -2.21. The van der Waals surface area contributed by atoms with Gasteiger partial charge in [-0.25, -0.2) is 15.0 Å². The van der Waals surface area contributed by atoms with Gasteiger partial charge in [0.2, 0.25) is 0 Å². The molecule has 3 aromatic heterocycles. The summed E-state index contributed by atoms with van der Waals surface area (Å²) in [6.45, 7) is 4.43. The van der Waals surface area contributed by atoms with Gasteiger partial charge in [-0.1, -0.05) is 26.7 Å². The van der Waals surface area contributed by atoms with Crippen LogP contribution in [0.1, 0.15) is 69.6 Å². The van der Waals surface area contributed by atoms with Gasteiger partial charge in [0.25, 0.3) is 0 Å². The van der Waals surface area contributed by atoms with Gasteiger partial charge in [0.05, 0.1) is 17.6 Å². The molecule has 1 saturated carbocycles. The van der Waals surface area contributed by atoms with Crippen LogP contribution in [0, 0.1) is 5.92 Å². The second-order valence-corrected chi connectivity index (χ2v) is 7.99. The van der Waals surface area contributed by atoms with Crippen LogP contribution in [0.15, 0.2) is 12.5 Å². The molecule has 4 rings (SSSR count). The molecule has 3 heterocycles. The number of nitrogens with one attached hydrogen (secondary N) is 1. The summed E-state index contributed by atoms with van der Waals surface area (Å²) in [5, 5.41) is 13.3. The van der Waals surface area contributed by atoms with Crippen molar-refractivity contribution >= 4 is 16.9 Å². The summed E-state index contributed by atoms with van der Waals surface area (Å²) in [4.78, 5) is 14.3. The van der Waals surface area contributed by atoms with E-state index in [1.54, 1.807) is 6.33 Å². The number of aryl methyl sites for hydroxylation is 2. The summed E-state index contributed by atoms with van der Waals surface area (Å²) >= 11 is 0. The van der Waals surface area contributed by atoms with Gasteiger partial charge in [-0.15, -0.1) is 0 Å². The first-order chi connectivity index (χ1) is 13.0. The minimum atomic E-state index is 0.0345. The topological polar surface area (TPSA) is 86.3 Å². The van der Waals surface area contributed by atoms with Crippen LogP contribution in [0.3, 0.4) is 0 Å². The second-order valence-electron chi connectivity index (χ2n) is 7.99. The lowest BCUT2D eigenvalue weighted by Crippen LogP contribution is -2.19. The first-order valence-corrected chi connectivity index (χ1v) is 9.83. The van der Waals surface area contributed by atoms with Gasteiger partial charge in [0.1, 0.15) is 23.8 Å². The largest absolute Gasteiger partial charge is 0.359 e. The molecular weight excluding hydrogens is 340 g/mol. The highest BCUT2D eigenvalue weighted by Gasteiger charge is 2.25. The Labute approximate surface area is 159 Å². The number of rotatable bonds is 6. The van der Waals surface area contributed by atoms with Crippen LogP contribution in [-0.2, 0) is 14.1 Å². The average molecular weight is 368 g/mol. The predicted octanol–water partition coefficient (Wildman–Crippen LogP) is 3.35.